The summed E-state index contributed by atoms with van der Waals surface area (Å²) in [6.45, 7) is 1.94. The molecule has 0 bridgehead atoms. The second kappa shape index (κ2) is 9.82. The maximum Gasteiger partial charge on any atom is 0.251 e. The van der Waals surface area contributed by atoms with Gasteiger partial charge in [-0.1, -0.05) is 0 Å². The molecule has 1 saturated carbocycles. The number of carbonyl (C=O) groups is 1. The largest absolute Gasteiger partial charge is 0.367 e. The van der Waals surface area contributed by atoms with Crippen LogP contribution in [0.2, 0.25) is 0 Å². The normalized spacial score (nSPS) is 18.5. The molecule has 1 aromatic carbocycles. The summed E-state index contributed by atoms with van der Waals surface area (Å²) in [6.07, 6.45) is 3.36. The quantitative estimate of drug-likeness (QED) is 0.764. The van der Waals surface area contributed by atoms with Crippen LogP contribution in [0.15, 0.2) is 24.3 Å². The van der Waals surface area contributed by atoms with Crippen LogP contribution in [0.1, 0.15) is 41.7 Å². The third-order valence-corrected chi connectivity index (χ3v) is 4.84. The first-order valence-electron chi connectivity index (χ1n) is 9.37. The molecule has 1 amide bonds. The Hall–Kier alpha value is -2.48. The van der Waals surface area contributed by atoms with Crippen molar-refractivity contribution in [2.75, 3.05) is 24.3 Å². The predicted octanol–water partition coefficient (Wildman–Crippen LogP) is 3.70. The van der Waals surface area contributed by atoms with Crippen molar-refractivity contribution in [3.63, 3.8) is 0 Å². The average Bonchev–Trinajstić information content (AvgIpc) is 2.65. The molecule has 2 N–H and O–H groups in total. The third kappa shape index (κ3) is 6.00. The molecule has 0 atom stereocenters. The molecule has 1 heterocycles. The lowest BCUT2D eigenvalue weighted by Gasteiger charge is -2.30. The van der Waals surface area contributed by atoms with Gasteiger partial charge in [0, 0.05) is 43.5 Å². The Balaban J connectivity index is 0.00000300. The van der Waals surface area contributed by atoms with Crippen molar-refractivity contribution in [2.45, 2.75) is 44.7 Å². The Bertz CT molecular complexity index is 857. The van der Waals surface area contributed by atoms with Gasteiger partial charge in [0.25, 0.3) is 5.91 Å². The first kappa shape index (κ1) is 22.8. The van der Waals surface area contributed by atoms with Gasteiger partial charge in [0.15, 0.2) is 11.6 Å². The Kier molecular flexibility index (Phi) is 7.73. The zero-order chi connectivity index (χ0) is 20.3. The molecule has 29 heavy (non-hydrogen) atoms. The van der Waals surface area contributed by atoms with Crippen LogP contribution in [0, 0.1) is 18.6 Å². The Labute approximate surface area is 175 Å². The minimum absolute atomic E-state index is 0. The van der Waals surface area contributed by atoms with Gasteiger partial charge in [0.1, 0.15) is 5.82 Å². The standard InChI is InChI=1S/C20H25F2N5O.ClH/c1-12-10-18(26-20(23-12)27(2)3)24-14-5-7-15(8-6-14)25-19(28)13-4-9-16(21)17(22)11-13;/h4,9-11,14-15H,5-8H2,1-3H3,(H,25,28)(H,23,24,26);1H. The minimum atomic E-state index is -1.02. The van der Waals surface area contributed by atoms with E-state index in [0.29, 0.717) is 5.95 Å². The number of aryl methyl sites for hydroxylation is 1. The smallest absolute Gasteiger partial charge is 0.251 e. The van der Waals surface area contributed by atoms with Gasteiger partial charge in [-0.2, -0.15) is 4.98 Å². The van der Waals surface area contributed by atoms with Crippen molar-refractivity contribution in [1.29, 1.82) is 0 Å². The van der Waals surface area contributed by atoms with Gasteiger partial charge in [-0.05, 0) is 50.8 Å². The number of hydrogen-bond acceptors (Lipinski definition) is 5. The minimum Gasteiger partial charge on any atom is -0.367 e. The van der Waals surface area contributed by atoms with E-state index in [1.54, 1.807) is 0 Å². The number of hydrogen-bond donors (Lipinski definition) is 2. The van der Waals surface area contributed by atoms with Crippen LogP contribution in [-0.4, -0.2) is 42.1 Å². The van der Waals surface area contributed by atoms with Gasteiger partial charge in [-0.15, -0.1) is 12.4 Å². The molecule has 0 aliphatic heterocycles. The third-order valence-electron chi connectivity index (χ3n) is 4.84. The highest BCUT2D eigenvalue weighted by atomic mass is 35.5. The molecule has 6 nitrogen and oxygen atoms in total. The van der Waals surface area contributed by atoms with Crippen LogP contribution in [0.4, 0.5) is 20.5 Å². The maximum atomic E-state index is 13.3. The molecule has 158 valence electrons. The van der Waals surface area contributed by atoms with E-state index in [4.69, 9.17) is 0 Å². The number of aromatic nitrogens is 2. The number of halogens is 3. The number of nitrogens with one attached hydrogen (secondary N) is 2. The summed E-state index contributed by atoms with van der Waals surface area (Å²) in [5.74, 6) is -0.892. The van der Waals surface area contributed by atoms with Crippen molar-refractivity contribution in [2.24, 2.45) is 0 Å². The Morgan fingerprint density at radius 3 is 2.31 bits per heavy atom. The van der Waals surface area contributed by atoms with Crippen molar-refractivity contribution in [1.82, 2.24) is 15.3 Å². The first-order chi connectivity index (χ1) is 13.3. The van der Waals surface area contributed by atoms with Crippen LogP contribution in [-0.2, 0) is 0 Å². The molecule has 0 saturated heterocycles. The molecular weight excluding hydrogens is 400 g/mol. The van der Waals surface area contributed by atoms with Crippen molar-refractivity contribution >= 4 is 30.1 Å². The lowest BCUT2D eigenvalue weighted by molar-refractivity contribution is 0.0926. The van der Waals surface area contributed by atoms with Crippen LogP contribution in [0.5, 0.6) is 0 Å². The highest BCUT2D eigenvalue weighted by Gasteiger charge is 2.23. The lowest BCUT2D eigenvalue weighted by atomic mass is 9.91. The van der Waals surface area contributed by atoms with Crippen LogP contribution < -0.4 is 15.5 Å². The maximum absolute atomic E-state index is 13.3. The van der Waals surface area contributed by atoms with E-state index in [1.165, 1.54) is 6.07 Å². The monoisotopic (exact) mass is 425 g/mol. The number of amides is 1. The summed E-state index contributed by atoms with van der Waals surface area (Å²) < 4.78 is 26.3. The van der Waals surface area contributed by atoms with Gasteiger partial charge in [-0.25, -0.2) is 13.8 Å². The second-order valence-electron chi connectivity index (χ2n) is 7.38. The Morgan fingerprint density at radius 1 is 1.03 bits per heavy atom. The van der Waals surface area contributed by atoms with E-state index in [1.807, 2.05) is 32.0 Å². The van der Waals surface area contributed by atoms with Crippen LogP contribution in [0.3, 0.4) is 0 Å². The molecule has 9 heteroatoms. The van der Waals surface area contributed by atoms with Gasteiger partial charge in [0.05, 0.1) is 0 Å². The number of rotatable bonds is 5. The van der Waals surface area contributed by atoms with E-state index in [9.17, 15) is 13.6 Å². The van der Waals surface area contributed by atoms with Gasteiger partial charge < -0.3 is 15.5 Å². The fourth-order valence-corrected chi connectivity index (χ4v) is 3.32. The Morgan fingerprint density at radius 2 is 1.69 bits per heavy atom. The summed E-state index contributed by atoms with van der Waals surface area (Å²) in [4.78, 5) is 23.0. The molecule has 0 unspecified atom stereocenters. The van der Waals surface area contributed by atoms with E-state index in [0.717, 1.165) is 49.3 Å². The van der Waals surface area contributed by atoms with E-state index in [2.05, 4.69) is 20.6 Å². The van der Waals surface area contributed by atoms with E-state index in [-0.39, 0.29) is 36.0 Å². The van der Waals surface area contributed by atoms with Crippen molar-refractivity contribution < 1.29 is 13.6 Å². The van der Waals surface area contributed by atoms with Gasteiger partial charge in [0.2, 0.25) is 5.95 Å². The molecule has 0 radical (unpaired) electrons. The molecule has 2 aromatic rings. The molecule has 0 spiro atoms. The van der Waals surface area contributed by atoms with Gasteiger partial charge >= 0.3 is 0 Å². The highest BCUT2D eigenvalue weighted by Crippen LogP contribution is 2.23. The second-order valence-corrected chi connectivity index (χ2v) is 7.38. The molecular formula is C20H26ClF2N5O. The zero-order valence-electron chi connectivity index (χ0n) is 16.7. The summed E-state index contributed by atoms with van der Waals surface area (Å²) in [5, 5.41) is 6.37. The molecule has 1 aliphatic rings. The average molecular weight is 426 g/mol. The first-order valence-corrected chi connectivity index (χ1v) is 9.37. The van der Waals surface area contributed by atoms with E-state index >= 15 is 0 Å². The zero-order valence-corrected chi connectivity index (χ0v) is 17.5. The van der Waals surface area contributed by atoms with Crippen LogP contribution in [0.25, 0.3) is 0 Å². The molecule has 1 aliphatic carbocycles. The van der Waals surface area contributed by atoms with Crippen molar-refractivity contribution in [3.05, 3.63) is 47.2 Å². The number of benzene rings is 1. The molecule has 1 aromatic heterocycles. The van der Waals surface area contributed by atoms with E-state index < -0.39 is 11.6 Å². The highest BCUT2D eigenvalue weighted by molar-refractivity contribution is 5.94. The fourth-order valence-electron chi connectivity index (χ4n) is 3.32. The number of anilines is 2. The number of carbonyl (C=O) groups excluding carboxylic acids is 1. The summed E-state index contributed by atoms with van der Waals surface area (Å²) in [7, 11) is 3.80. The topological polar surface area (TPSA) is 70.2 Å². The summed E-state index contributed by atoms with van der Waals surface area (Å²) in [6, 6.07) is 5.39. The molecule has 3 rings (SSSR count). The fraction of sp³-hybridized carbons (Fsp3) is 0.450. The van der Waals surface area contributed by atoms with Crippen molar-refractivity contribution in [3.8, 4) is 0 Å². The molecule has 1 fully saturated rings. The lowest BCUT2D eigenvalue weighted by Crippen LogP contribution is -2.40. The predicted molar refractivity (Wildman–Crippen MR) is 112 cm³/mol. The summed E-state index contributed by atoms with van der Waals surface area (Å²) >= 11 is 0. The van der Waals surface area contributed by atoms with Gasteiger partial charge in [-0.3, -0.25) is 4.79 Å². The van der Waals surface area contributed by atoms with Crippen LogP contribution >= 0.6 is 12.4 Å². The summed E-state index contributed by atoms with van der Waals surface area (Å²) in [5.41, 5.74) is 1.03. The number of nitrogens with zero attached hydrogens (tertiary/aromatic N) is 3. The SMILES string of the molecule is Cc1cc(NC2CCC(NC(=O)c3ccc(F)c(F)c3)CC2)nc(N(C)C)n1.Cl.